The Hall–Kier alpha value is -2.37. The summed E-state index contributed by atoms with van der Waals surface area (Å²) in [7, 11) is 0. The van der Waals surface area contributed by atoms with Crippen LogP contribution in [-0.2, 0) is 14.4 Å². The highest BCUT2D eigenvalue weighted by molar-refractivity contribution is 6.13. The fraction of sp³-hybridized carbons (Fsp3) is 0.500. The molecular formula is C18H25N3O3. The minimum Gasteiger partial charge on any atom is -0.355 e. The predicted molar refractivity (Wildman–Crippen MR) is 93.5 cm³/mol. The third-order valence-corrected chi connectivity index (χ3v) is 4.09. The van der Waals surface area contributed by atoms with E-state index in [-0.39, 0.29) is 17.7 Å². The molecule has 0 radical (unpaired) electrons. The van der Waals surface area contributed by atoms with E-state index in [0.29, 0.717) is 36.7 Å². The lowest BCUT2D eigenvalue weighted by atomic mass is 10.0. The summed E-state index contributed by atoms with van der Waals surface area (Å²) in [6, 6.07) is 6.82. The maximum atomic E-state index is 12.5. The number of amides is 3. The van der Waals surface area contributed by atoms with Crippen LogP contribution in [0.2, 0.25) is 0 Å². The van der Waals surface area contributed by atoms with Gasteiger partial charge in [0.05, 0.1) is 0 Å². The highest BCUT2D eigenvalue weighted by Gasteiger charge is 2.56. The molecule has 0 spiro atoms. The van der Waals surface area contributed by atoms with Crippen LogP contribution in [0.5, 0.6) is 0 Å². The van der Waals surface area contributed by atoms with Crippen LogP contribution < -0.4 is 16.0 Å². The molecular weight excluding hydrogens is 306 g/mol. The molecule has 0 bridgehead atoms. The summed E-state index contributed by atoms with van der Waals surface area (Å²) in [6.45, 7) is 6.22. The van der Waals surface area contributed by atoms with Gasteiger partial charge < -0.3 is 16.0 Å². The average molecular weight is 331 g/mol. The van der Waals surface area contributed by atoms with Crippen LogP contribution in [0.4, 0.5) is 11.4 Å². The lowest BCUT2D eigenvalue weighted by Gasteiger charge is -2.16. The Morgan fingerprint density at radius 1 is 1.00 bits per heavy atom. The zero-order valence-corrected chi connectivity index (χ0v) is 14.4. The van der Waals surface area contributed by atoms with Crippen LogP contribution in [0.3, 0.4) is 0 Å². The Kier molecular flexibility index (Phi) is 5.59. The minimum atomic E-state index is -0.923. The smallest absolute Gasteiger partial charge is 0.240 e. The fourth-order valence-corrected chi connectivity index (χ4v) is 2.42. The predicted octanol–water partition coefficient (Wildman–Crippen LogP) is 2.53. The Labute approximate surface area is 142 Å². The van der Waals surface area contributed by atoms with E-state index in [1.54, 1.807) is 24.3 Å². The van der Waals surface area contributed by atoms with Crippen LogP contribution in [-0.4, -0.2) is 24.3 Å². The van der Waals surface area contributed by atoms with E-state index >= 15 is 0 Å². The Morgan fingerprint density at radius 2 is 1.54 bits per heavy atom. The van der Waals surface area contributed by atoms with Gasteiger partial charge in [-0.2, -0.15) is 0 Å². The van der Waals surface area contributed by atoms with Crippen molar-refractivity contribution in [1.82, 2.24) is 5.32 Å². The van der Waals surface area contributed by atoms with Gasteiger partial charge in [-0.25, -0.2) is 0 Å². The second kappa shape index (κ2) is 7.47. The van der Waals surface area contributed by atoms with E-state index in [4.69, 9.17) is 0 Å². The molecule has 1 aromatic rings. The molecule has 1 saturated carbocycles. The molecule has 6 heteroatoms. The maximum Gasteiger partial charge on any atom is 0.240 e. The van der Waals surface area contributed by atoms with Crippen LogP contribution in [0.1, 0.15) is 40.0 Å². The molecule has 0 aliphatic heterocycles. The molecule has 130 valence electrons. The molecule has 3 N–H and O–H groups in total. The Morgan fingerprint density at radius 3 is 2.00 bits per heavy atom. The molecule has 2 rings (SSSR count). The van der Waals surface area contributed by atoms with Crippen LogP contribution in [0, 0.1) is 11.3 Å². The van der Waals surface area contributed by atoms with Crippen molar-refractivity contribution in [3.05, 3.63) is 24.3 Å². The molecule has 1 aromatic carbocycles. The number of hydrogen-bond donors (Lipinski definition) is 3. The van der Waals surface area contributed by atoms with E-state index < -0.39 is 5.41 Å². The number of hydrogen-bond acceptors (Lipinski definition) is 3. The maximum absolute atomic E-state index is 12.5. The third-order valence-electron chi connectivity index (χ3n) is 4.09. The average Bonchev–Trinajstić information content (AvgIpc) is 3.30. The summed E-state index contributed by atoms with van der Waals surface area (Å²) in [5.74, 6) is -0.0921. The molecule has 3 amide bonds. The van der Waals surface area contributed by atoms with E-state index in [1.807, 2.05) is 0 Å². The summed E-state index contributed by atoms with van der Waals surface area (Å²) in [5.41, 5.74) is 0.344. The number of anilines is 2. The van der Waals surface area contributed by atoms with Crippen LogP contribution >= 0.6 is 0 Å². The SMILES string of the molecule is CC(=O)Nc1ccc(NC(=O)C2(C(=O)NCCC(C)C)CC2)cc1. The van der Waals surface area contributed by atoms with Crippen molar-refractivity contribution in [2.75, 3.05) is 17.2 Å². The number of carbonyl (C=O) groups excluding carboxylic acids is 3. The van der Waals surface area contributed by atoms with Gasteiger partial charge in [0, 0.05) is 24.8 Å². The fourth-order valence-electron chi connectivity index (χ4n) is 2.42. The van der Waals surface area contributed by atoms with E-state index in [2.05, 4.69) is 29.8 Å². The van der Waals surface area contributed by atoms with Gasteiger partial charge in [-0.15, -0.1) is 0 Å². The van der Waals surface area contributed by atoms with Gasteiger partial charge in [-0.1, -0.05) is 13.8 Å². The summed E-state index contributed by atoms with van der Waals surface area (Å²) < 4.78 is 0. The van der Waals surface area contributed by atoms with Gasteiger partial charge in [0.15, 0.2) is 0 Å². The van der Waals surface area contributed by atoms with Crippen molar-refractivity contribution in [2.45, 2.75) is 40.0 Å². The second-order valence-electron chi connectivity index (χ2n) is 6.73. The number of rotatable bonds is 7. The van der Waals surface area contributed by atoms with Gasteiger partial charge in [0.2, 0.25) is 17.7 Å². The highest BCUT2D eigenvalue weighted by atomic mass is 16.2. The number of nitrogens with one attached hydrogen (secondary N) is 3. The monoisotopic (exact) mass is 331 g/mol. The quantitative estimate of drug-likeness (QED) is 0.671. The van der Waals surface area contributed by atoms with Gasteiger partial charge in [0.25, 0.3) is 0 Å². The van der Waals surface area contributed by atoms with Crippen molar-refractivity contribution in [3.63, 3.8) is 0 Å². The summed E-state index contributed by atoms with van der Waals surface area (Å²) in [6.07, 6.45) is 2.06. The van der Waals surface area contributed by atoms with Crippen LogP contribution in [0.15, 0.2) is 24.3 Å². The van der Waals surface area contributed by atoms with E-state index in [9.17, 15) is 14.4 Å². The summed E-state index contributed by atoms with van der Waals surface area (Å²) in [5, 5.41) is 8.32. The Bertz CT molecular complexity index is 619. The van der Waals surface area contributed by atoms with E-state index in [1.165, 1.54) is 6.92 Å². The first-order valence-electron chi connectivity index (χ1n) is 8.31. The lowest BCUT2D eigenvalue weighted by Crippen LogP contribution is -2.40. The molecule has 0 atom stereocenters. The van der Waals surface area contributed by atoms with Crippen molar-refractivity contribution in [1.29, 1.82) is 0 Å². The van der Waals surface area contributed by atoms with E-state index in [0.717, 1.165) is 6.42 Å². The molecule has 6 nitrogen and oxygen atoms in total. The van der Waals surface area contributed by atoms with Crippen molar-refractivity contribution >= 4 is 29.1 Å². The molecule has 1 aliphatic carbocycles. The standard InChI is InChI=1S/C18H25N3O3/c1-12(2)8-11-19-16(23)18(9-10-18)17(24)21-15-6-4-14(5-7-15)20-13(3)22/h4-7,12H,8-11H2,1-3H3,(H,19,23)(H,20,22)(H,21,24). The van der Waals surface area contributed by atoms with Gasteiger partial charge in [-0.3, -0.25) is 14.4 Å². The van der Waals surface area contributed by atoms with Crippen molar-refractivity contribution in [2.24, 2.45) is 11.3 Å². The molecule has 1 aliphatic rings. The summed E-state index contributed by atoms with van der Waals surface area (Å²) >= 11 is 0. The molecule has 0 saturated heterocycles. The first-order chi connectivity index (χ1) is 11.3. The molecule has 0 aromatic heterocycles. The molecule has 24 heavy (non-hydrogen) atoms. The molecule has 0 heterocycles. The van der Waals surface area contributed by atoms with Crippen molar-refractivity contribution < 1.29 is 14.4 Å². The first kappa shape index (κ1) is 18.0. The highest BCUT2D eigenvalue weighted by Crippen LogP contribution is 2.46. The topological polar surface area (TPSA) is 87.3 Å². The normalized spacial score (nSPS) is 14.8. The lowest BCUT2D eigenvalue weighted by molar-refractivity contribution is -0.134. The second-order valence-corrected chi connectivity index (χ2v) is 6.73. The summed E-state index contributed by atoms with van der Waals surface area (Å²) in [4.78, 5) is 35.7. The van der Waals surface area contributed by atoms with Gasteiger partial charge >= 0.3 is 0 Å². The number of carbonyl (C=O) groups is 3. The molecule has 0 unspecified atom stereocenters. The van der Waals surface area contributed by atoms with Crippen molar-refractivity contribution in [3.8, 4) is 0 Å². The Balaban J connectivity index is 1.91. The van der Waals surface area contributed by atoms with Gasteiger partial charge in [0.1, 0.15) is 5.41 Å². The zero-order valence-electron chi connectivity index (χ0n) is 14.4. The first-order valence-corrected chi connectivity index (χ1v) is 8.31. The van der Waals surface area contributed by atoms with Crippen LogP contribution in [0.25, 0.3) is 0 Å². The van der Waals surface area contributed by atoms with Gasteiger partial charge in [-0.05, 0) is 49.4 Å². The minimum absolute atomic E-state index is 0.151. The largest absolute Gasteiger partial charge is 0.355 e. The number of benzene rings is 1. The molecule has 1 fully saturated rings. The zero-order chi connectivity index (χ0) is 17.7. The third kappa shape index (κ3) is 4.57.